The number of ether oxygens (including phenoxy) is 1. The molecule has 6 nitrogen and oxygen atoms in total. The maximum atomic E-state index is 6.07. The summed E-state index contributed by atoms with van der Waals surface area (Å²) >= 11 is 0. The van der Waals surface area contributed by atoms with E-state index in [9.17, 15) is 0 Å². The van der Waals surface area contributed by atoms with E-state index in [1.165, 1.54) is 11.1 Å². The van der Waals surface area contributed by atoms with Crippen molar-refractivity contribution >= 4 is 5.96 Å². The number of morpholine rings is 1. The monoisotopic (exact) mass is 383 g/mol. The minimum atomic E-state index is 0.100. The lowest BCUT2D eigenvalue weighted by Gasteiger charge is -2.35. The third-order valence-corrected chi connectivity index (χ3v) is 5.23. The molecular formula is C22H33N5O. The number of unbranched alkanes of at least 4 members (excludes halogenated alkanes) is 1. The van der Waals surface area contributed by atoms with E-state index in [-0.39, 0.29) is 6.10 Å². The number of rotatable bonds is 7. The number of hydrogen-bond donors (Lipinski definition) is 1. The van der Waals surface area contributed by atoms with Crippen molar-refractivity contribution in [3.63, 3.8) is 0 Å². The van der Waals surface area contributed by atoms with Crippen LogP contribution in [0.3, 0.4) is 0 Å². The van der Waals surface area contributed by atoms with Crippen LogP contribution in [0.1, 0.15) is 42.8 Å². The average molecular weight is 384 g/mol. The standard InChI is InChI=1S/C22H33N5O/c1-4-23-22(25-11-7-8-13-26-14-12-24-19(26)3)27-15-16-28-21(17-27)20-10-6-5-9-18(20)2/h5-6,9-10,12,14,21H,4,7-8,11,13,15-17H2,1-3H3,(H,23,25). The van der Waals surface area contributed by atoms with Crippen LogP contribution in [-0.2, 0) is 11.3 Å². The summed E-state index contributed by atoms with van der Waals surface area (Å²) in [6, 6.07) is 8.49. The summed E-state index contributed by atoms with van der Waals surface area (Å²) < 4.78 is 8.26. The highest BCUT2D eigenvalue weighted by atomic mass is 16.5. The van der Waals surface area contributed by atoms with Gasteiger partial charge in [-0.25, -0.2) is 4.98 Å². The second kappa shape index (κ2) is 10.3. The van der Waals surface area contributed by atoms with E-state index in [0.29, 0.717) is 0 Å². The third kappa shape index (κ3) is 5.35. The Morgan fingerprint density at radius 2 is 2.14 bits per heavy atom. The molecule has 0 radical (unpaired) electrons. The van der Waals surface area contributed by atoms with E-state index in [1.807, 2.05) is 19.3 Å². The van der Waals surface area contributed by atoms with E-state index in [4.69, 9.17) is 9.73 Å². The fourth-order valence-corrected chi connectivity index (χ4v) is 3.62. The Balaban J connectivity index is 1.55. The molecule has 1 N–H and O–H groups in total. The molecule has 0 aliphatic carbocycles. The van der Waals surface area contributed by atoms with Crippen LogP contribution in [0.25, 0.3) is 0 Å². The molecular weight excluding hydrogens is 350 g/mol. The molecule has 1 saturated heterocycles. The van der Waals surface area contributed by atoms with Gasteiger partial charge in [0.15, 0.2) is 5.96 Å². The zero-order chi connectivity index (χ0) is 19.8. The van der Waals surface area contributed by atoms with E-state index >= 15 is 0 Å². The van der Waals surface area contributed by atoms with Gasteiger partial charge < -0.3 is 19.5 Å². The van der Waals surface area contributed by atoms with Gasteiger partial charge in [0.05, 0.1) is 13.2 Å². The van der Waals surface area contributed by atoms with Crippen molar-refractivity contribution in [3.05, 3.63) is 53.6 Å². The van der Waals surface area contributed by atoms with Gasteiger partial charge in [0, 0.05) is 38.6 Å². The van der Waals surface area contributed by atoms with Gasteiger partial charge in [0.25, 0.3) is 0 Å². The molecule has 1 aromatic carbocycles. The number of imidazole rings is 1. The number of hydrogen-bond acceptors (Lipinski definition) is 3. The number of nitrogens with zero attached hydrogens (tertiary/aromatic N) is 4. The van der Waals surface area contributed by atoms with E-state index in [1.54, 1.807) is 0 Å². The first kappa shape index (κ1) is 20.4. The molecule has 1 aromatic heterocycles. The smallest absolute Gasteiger partial charge is 0.194 e. The molecule has 2 aromatic rings. The Kier molecular flexibility index (Phi) is 7.48. The normalized spacial score (nSPS) is 17.8. The zero-order valence-electron chi connectivity index (χ0n) is 17.4. The Labute approximate surface area is 168 Å². The molecule has 1 aliphatic rings. The molecule has 1 fully saturated rings. The van der Waals surface area contributed by atoms with E-state index in [0.717, 1.165) is 64.0 Å². The van der Waals surface area contributed by atoms with Gasteiger partial charge in [-0.1, -0.05) is 24.3 Å². The highest BCUT2D eigenvalue weighted by molar-refractivity contribution is 5.80. The van der Waals surface area contributed by atoms with Gasteiger partial charge in [-0.3, -0.25) is 4.99 Å². The topological polar surface area (TPSA) is 54.7 Å². The molecule has 0 bridgehead atoms. The largest absolute Gasteiger partial charge is 0.370 e. The van der Waals surface area contributed by atoms with Crippen molar-refractivity contribution in [2.45, 2.75) is 46.3 Å². The zero-order valence-corrected chi connectivity index (χ0v) is 17.4. The highest BCUT2D eigenvalue weighted by Gasteiger charge is 2.25. The van der Waals surface area contributed by atoms with Crippen LogP contribution in [0.15, 0.2) is 41.7 Å². The van der Waals surface area contributed by atoms with Crippen LogP contribution in [0, 0.1) is 13.8 Å². The van der Waals surface area contributed by atoms with Gasteiger partial charge in [-0.2, -0.15) is 0 Å². The first-order chi connectivity index (χ1) is 13.7. The molecule has 3 rings (SSSR count). The Morgan fingerprint density at radius 1 is 1.29 bits per heavy atom. The summed E-state index contributed by atoms with van der Waals surface area (Å²) in [5.41, 5.74) is 2.56. The molecule has 1 atom stereocenters. The quantitative estimate of drug-likeness (QED) is 0.453. The van der Waals surface area contributed by atoms with Gasteiger partial charge in [-0.05, 0) is 44.7 Å². The molecule has 0 amide bonds. The van der Waals surface area contributed by atoms with Crippen LogP contribution in [0.4, 0.5) is 0 Å². The molecule has 1 unspecified atom stereocenters. The van der Waals surface area contributed by atoms with Crippen LogP contribution in [-0.4, -0.2) is 53.2 Å². The lowest BCUT2D eigenvalue weighted by atomic mass is 10.0. The summed E-state index contributed by atoms with van der Waals surface area (Å²) in [5, 5.41) is 3.46. The molecule has 6 heteroatoms. The molecule has 2 heterocycles. The fraction of sp³-hybridized carbons (Fsp3) is 0.545. The van der Waals surface area contributed by atoms with Crippen molar-refractivity contribution < 1.29 is 4.74 Å². The van der Waals surface area contributed by atoms with Crippen LogP contribution in [0.5, 0.6) is 0 Å². The van der Waals surface area contributed by atoms with Gasteiger partial charge in [-0.15, -0.1) is 0 Å². The number of nitrogens with one attached hydrogen (secondary N) is 1. The Morgan fingerprint density at radius 3 is 2.89 bits per heavy atom. The lowest BCUT2D eigenvalue weighted by molar-refractivity contribution is -0.00832. The van der Waals surface area contributed by atoms with Crippen molar-refractivity contribution in [1.82, 2.24) is 19.8 Å². The number of aromatic nitrogens is 2. The highest BCUT2D eigenvalue weighted by Crippen LogP contribution is 2.25. The van der Waals surface area contributed by atoms with Gasteiger partial charge in [0.2, 0.25) is 0 Å². The molecule has 0 saturated carbocycles. The molecule has 1 aliphatic heterocycles. The predicted molar refractivity (Wildman–Crippen MR) is 114 cm³/mol. The van der Waals surface area contributed by atoms with Crippen LogP contribution in [0.2, 0.25) is 0 Å². The first-order valence-electron chi connectivity index (χ1n) is 10.4. The van der Waals surface area contributed by atoms with E-state index < -0.39 is 0 Å². The number of benzene rings is 1. The summed E-state index contributed by atoms with van der Waals surface area (Å²) in [6.07, 6.45) is 6.18. The minimum absolute atomic E-state index is 0.100. The van der Waals surface area contributed by atoms with E-state index in [2.05, 4.69) is 57.9 Å². The van der Waals surface area contributed by atoms with Crippen molar-refractivity contribution in [2.24, 2.45) is 4.99 Å². The summed E-state index contributed by atoms with van der Waals surface area (Å²) in [4.78, 5) is 11.5. The molecule has 0 spiro atoms. The minimum Gasteiger partial charge on any atom is -0.370 e. The van der Waals surface area contributed by atoms with Crippen molar-refractivity contribution in [2.75, 3.05) is 32.8 Å². The predicted octanol–water partition coefficient (Wildman–Crippen LogP) is 3.32. The third-order valence-electron chi connectivity index (χ3n) is 5.23. The maximum absolute atomic E-state index is 6.07. The maximum Gasteiger partial charge on any atom is 0.194 e. The number of guanidine groups is 1. The van der Waals surface area contributed by atoms with Crippen molar-refractivity contribution in [3.8, 4) is 0 Å². The molecule has 28 heavy (non-hydrogen) atoms. The Bertz CT molecular complexity index is 770. The van der Waals surface area contributed by atoms with Crippen molar-refractivity contribution in [1.29, 1.82) is 0 Å². The lowest BCUT2D eigenvalue weighted by Crippen LogP contribution is -2.48. The SMILES string of the molecule is CCNC(=NCCCCn1ccnc1C)N1CCOC(c2ccccc2C)C1. The molecule has 152 valence electrons. The number of aliphatic imine (C=N–C) groups is 1. The second-order valence-electron chi connectivity index (χ2n) is 7.27. The number of aryl methyl sites for hydroxylation is 3. The van der Waals surface area contributed by atoms with Crippen LogP contribution < -0.4 is 5.32 Å². The summed E-state index contributed by atoms with van der Waals surface area (Å²) in [5.74, 6) is 2.08. The fourth-order valence-electron chi connectivity index (χ4n) is 3.62. The Hall–Kier alpha value is -2.34. The van der Waals surface area contributed by atoms with Crippen LogP contribution >= 0.6 is 0 Å². The second-order valence-corrected chi connectivity index (χ2v) is 7.27. The average Bonchev–Trinajstić information content (AvgIpc) is 3.12. The van der Waals surface area contributed by atoms with Gasteiger partial charge in [0.1, 0.15) is 11.9 Å². The van der Waals surface area contributed by atoms with Gasteiger partial charge >= 0.3 is 0 Å². The first-order valence-corrected chi connectivity index (χ1v) is 10.4. The summed E-state index contributed by atoms with van der Waals surface area (Å²) in [7, 11) is 0. The summed E-state index contributed by atoms with van der Waals surface area (Å²) in [6.45, 7) is 11.5.